The molecule has 0 radical (unpaired) electrons. The number of ether oxygens (including phenoxy) is 1. The van der Waals surface area contributed by atoms with Gasteiger partial charge in [0.05, 0.1) is 11.1 Å². The van der Waals surface area contributed by atoms with Crippen molar-refractivity contribution in [1.29, 1.82) is 0 Å². The van der Waals surface area contributed by atoms with Crippen molar-refractivity contribution in [1.82, 2.24) is 0 Å². The molecular formula is C20H22ClN3O3. The molecule has 0 bridgehead atoms. The minimum absolute atomic E-state index is 0.00993. The van der Waals surface area contributed by atoms with Gasteiger partial charge in [0.15, 0.2) is 0 Å². The van der Waals surface area contributed by atoms with E-state index in [1.807, 2.05) is 20.8 Å². The third kappa shape index (κ3) is 4.17. The van der Waals surface area contributed by atoms with Crippen molar-refractivity contribution in [3.63, 3.8) is 0 Å². The summed E-state index contributed by atoms with van der Waals surface area (Å²) in [6.07, 6.45) is 0. The van der Waals surface area contributed by atoms with E-state index in [-0.39, 0.29) is 5.91 Å². The Kier molecular flexibility index (Phi) is 5.28. The van der Waals surface area contributed by atoms with Gasteiger partial charge in [0.1, 0.15) is 12.4 Å². The van der Waals surface area contributed by atoms with Gasteiger partial charge >= 0.3 is 6.03 Å². The molecule has 2 N–H and O–H groups in total. The van der Waals surface area contributed by atoms with Crippen molar-refractivity contribution in [2.45, 2.75) is 20.8 Å². The summed E-state index contributed by atoms with van der Waals surface area (Å²) in [6, 6.07) is 11.7. The number of fused-ring (bicyclic) bond motifs is 1. The number of amides is 3. The van der Waals surface area contributed by atoms with E-state index in [9.17, 15) is 9.59 Å². The van der Waals surface area contributed by atoms with E-state index >= 15 is 0 Å². The van der Waals surface area contributed by atoms with Gasteiger partial charge in [-0.2, -0.15) is 0 Å². The van der Waals surface area contributed by atoms with Crippen LogP contribution in [0.1, 0.15) is 20.8 Å². The lowest BCUT2D eigenvalue weighted by Gasteiger charge is -2.27. The number of hydrogen-bond acceptors (Lipinski definition) is 3. The first-order chi connectivity index (χ1) is 12.8. The molecule has 0 unspecified atom stereocenters. The molecule has 142 valence electrons. The minimum atomic E-state index is -0.618. The number of anilines is 3. The van der Waals surface area contributed by atoms with Crippen LogP contribution in [0.5, 0.6) is 5.75 Å². The van der Waals surface area contributed by atoms with Crippen molar-refractivity contribution in [3.05, 3.63) is 47.5 Å². The maximum atomic E-state index is 12.8. The van der Waals surface area contributed by atoms with Gasteiger partial charge in [-0.1, -0.05) is 17.7 Å². The molecule has 0 saturated carbocycles. The fraction of sp³-hybridized carbons (Fsp3) is 0.300. The van der Waals surface area contributed by atoms with Gasteiger partial charge in [0.25, 0.3) is 0 Å². The van der Waals surface area contributed by atoms with Crippen LogP contribution >= 0.6 is 11.6 Å². The van der Waals surface area contributed by atoms with Crippen molar-refractivity contribution in [3.8, 4) is 5.75 Å². The zero-order chi connectivity index (χ0) is 19.6. The molecule has 1 aliphatic rings. The van der Waals surface area contributed by atoms with Gasteiger partial charge in [-0.25, -0.2) is 4.79 Å². The van der Waals surface area contributed by atoms with Gasteiger partial charge < -0.3 is 20.3 Å². The number of carbonyl (C=O) groups is 2. The third-order valence-corrected chi connectivity index (χ3v) is 4.55. The van der Waals surface area contributed by atoms with Crippen LogP contribution < -0.4 is 20.3 Å². The van der Waals surface area contributed by atoms with Crippen LogP contribution in [0.4, 0.5) is 21.9 Å². The van der Waals surface area contributed by atoms with E-state index in [1.165, 1.54) is 0 Å². The summed E-state index contributed by atoms with van der Waals surface area (Å²) < 4.78 is 5.83. The highest BCUT2D eigenvalue weighted by atomic mass is 35.5. The fourth-order valence-electron chi connectivity index (χ4n) is 2.90. The Morgan fingerprint density at radius 3 is 2.56 bits per heavy atom. The second-order valence-corrected chi connectivity index (χ2v) is 7.43. The van der Waals surface area contributed by atoms with Crippen LogP contribution in [-0.4, -0.2) is 25.1 Å². The van der Waals surface area contributed by atoms with Crippen LogP contribution in [0.3, 0.4) is 0 Å². The highest BCUT2D eigenvalue weighted by Gasteiger charge is 2.37. The summed E-state index contributed by atoms with van der Waals surface area (Å²) >= 11 is 5.93. The van der Waals surface area contributed by atoms with E-state index in [2.05, 4.69) is 10.6 Å². The number of nitrogens with zero attached hydrogens (tertiary/aromatic N) is 1. The molecule has 3 rings (SSSR count). The normalized spacial score (nSPS) is 15.4. The first-order valence-electron chi connectivity index (χ1n) is 8.72. The number of rotatable bonds is 3. The quantitative estimate of drug-likeness (QED) is 0.797. The zero-order valence-corrected chi connectivity index (χ0v) is 16.3. The summed E-state index contributed by atoms with van der Waals surface area (Å²) in [5.74, 6) is 0.612. The summed E-state index contributed by atoms with van der Waals surface area (Å²) in [5.41, 5.74) is 1.17. The lowest BCUT2D eigenvalue weighted by atomic mass is 9.93. The maximum absolute atomic E-state index is 12.8. The van der Waals surface area contributed by atoms with Gasteiger partial charge in [0.2, 0.25) is 5.91 Å². The molecule has 0 saturated heterocycles. The topological polar surface area (TPSA) is 70.7 Å². The number of hydrogen-bond donors (Lipinski definition) is 2. The molecule has 27 heavy (non-hydrogen) atoms. The Morgan fingerprint density at radius 2 is 1.89 bits per heavy atom. The number of benzene rings is 2. The molecule has 0 spiro atoms. The molecule has 3 amide bonds. The van der Waals surface area contributed by atoms with Crippen LogP contribution in [0.2, 0.25) is 5.02 Å². The van der Waals surface area contributed by atoms with Crippen molar-refractivity contribution in [2.24, 2.45) is 5.41 Å². The Morgan fingerprint density at radius 1 is 1.19 bits per heavy atom. The molecule has 7 heteroatoms. The molecule has 0 aliphatic carbocycles. The lowest BCUT2D eigenvalue weighted by Crippen LogP contribution is -2.42. The molecule has 2 aromatic carbocycles. The van der Waals surface area contributed by atoms with E-state index in [0.29, 0.717) is 41.0 Å². The molecule has 0 atom stereocenters. The van der Waals surface area contributed by atoms with Crippen molar-refractivity contribution in [2.75, 3.05) is 28.7 Å². The van der Waals surface area contributed by atoms with E-state index in [0.717, 1.165) is 0 Å². The lowest BCUT2D eigenvalue weighted by molar-refractivity contribution is -0.127. The highest BCUT2D eigenvalue weighted by Crippen LogP contribution is 2.38. The molecule has 1 aliphatic heterocycles. The average Bonchev–Trinajstić information content (AvgIpc) is 2.70. The summed E-state index contributed by atoms with van der Waals surface area (Å²) in [4.78, 5) is 26.8. The number of urea groups is 1. The Labute approximate surface area is 163 Å². The van der Waals surface area contributed by atoms with E-state index < -0.39 is 11.4 Å². The van der Waals surface area contributed by atoms with Crippen molar-refractivity contribution < 1.29 is 14.3 Å². The predicted octanol–water partition coefficient (Wildman–Crippen LogP) is 4.76. The van der Waals surface area contributed by atoms with Crippen LogP contribution in [0.25, 0.3) is 0 Å². The summed E-state index contributed by atoms with van der Waals surface area (Å²) in [6.45, 7) is 6.45. The SMILES string of the molecule is CCN1C(=O)C(C)(C)COc2ccc(NC(=O)Nc3cccc(Cl)c3)cc21. The second kappa shape index (κ2) is 7.48. The Bertz CT molecular complexity index is 883. The van der Waals surface area contributed by atoms with Gasteiger partial charge in [0, 0.05) is 22.9 Å². The van der Waals surface area contributed by atoms with Gasteiger partial charge in [-0.15, -0.1) is 0 Å². The number of carbonyl (C=O) groups excluding carboxylic acids is 2. The largest absolute Gasteiger partial charge is 0.490 e. The average molecular weight is 388 g/mol. The molecule has 0 fully saturated rings. The van der Waals surface area contributed by atoms with Crippen LogP contribution in [-0.2, 0) is 4.79 Å². The molecular weight excluding hydrogens is 366 g/mol. The monoisotopic (exact) mass is 387 g/mol. The van der Waals surface area contributed by atoms with E-state index in [4.69, 9.17) is 16.3 Å². The van der Waals surface area contributed by atoms with E-state index in [1.54, 1.807) is 47.4 Å². The number of nitrogens with one attached hydrogen (secondary N) is 2. The van der Waals surface area contributed by atoms with Crippen LogP contribution in [0.15, 0.2) is 42.5 Å². The fourth-order valence-corrected chi connectivity index (χ4v) is 3.09. The molecule has 2 aromatic rings. The van der Waals surface area contributed by atoms with Crippen LogP contribution in [0, 0.1) is 5.41 Å². The highest BCUT2D eigenvalue weighted by molar-refractivity contribution is 6.30. The maximum Gasteiger partial charge on any atom is 0.323 e. The zero-order valence-electron chi connectivity index (χ0n) is 15.5. The summed E-state index contributed by atoms with van der Waals surface area (Å²) in [5, 5.41) is 6.04. The smallest absolute Gasteiger partial charge is 0.323 e. The van der Waals surface area contributed by atoms with Gasteiger partial charge in [-0.05, 0) is 57.2 Å². The Hall–Kier alpha value is -2.73. The first-order valence-corrected chi connectivity index (χ1v) is 9.10. The molecule has 0 aromatic heterocycles. The first kappa shape index (κ1) is 19.0. The molecule has 6 nitrogen and oxygen atoms in total. The standard InChI is InChI=1S/C20H22ClN3O3/c1-4-24-16-11-15(8-9-17(16)27-12-20(2,3)18(24)25)23-19(26)22-14-7-5-6-13(21)10-14/h5-11H,4,12H2,1-3H3,(H2,22,23,26). The van der Waals surface area contributed by atoms with Crippen molar-refractivity contribution >= 4 is 40.6 Å². The number of halogens is 1. The Balaban J connectivity index is 1.81. The predicted molar refractivity (Wildman–Crippen MR) is 108 cm³/mol. The van der Waals surface area contributed by atoms with Gasteiger partial charge in [-0.3, -0.25) is 4.79 Å². The summed E-state index contributed by atoms with van der Waals surface area (Å²) in [7, 11) is 0. The molecule has 1 heterocycles. The second-order valence-electron chi connectivity index (χ2n) is 6.99. The third-order valence-electron chi connectivity index (χ3n) is 4.32. The minimum Gasteiger partial charge on any atom is -0.490 e.